The molecule has 3 N–H and O–H groups in total. The van der Waals surface area contributed by atoms with Gasteiger partial charge in [0.05, 0.1) is 12.2 Å². The molecule has 152 valence electrons. The predicted molar refractivity (Wildman–Crippen MR) is 104 cm³/mol. The first-order valence-electron chi connectivity index (χ1n) is 10.4. The van der Waals surface area contributed by atoms with Gasteiger partial charge in [-0.25, -0.2) is 0 Å². The van der Waals surface area contributed by atoms with Crippen molar-refractivity contribution in [2.45, 2.75) is 82.8 Å². The van der Waals surface area contributed by atoms with E-state index in [0.29, 0.717) is 25.2 Å². The van der Waals surface area contributed by atoms with Crippen LogP contribution in [-0.4, -0.2) is 39.3 Å². The first kappa shape index (κ1) is 21.8. The summed E-state index contributed by atoms with van der Waals surface area (Å²) in [6, 6.07) is 0. The largest absolute Gasteiger partial charge is 0.481 e. The van der Waals surface area contributed by atoms with E-state index in [-0.39, 0.29) is 30.5 Å². The summed E-state index contributed by atoms with van der Waals surface area (Å²) in [7, 11) is 0. The molecule has 5 heteroatoms. The minimum absolute atomic E-state index is 0.0640. The maximum Gasteiger partial charge on any atom is 0.303 e. The molecule has 0 aliphatic heterocycles. The number of carbonyl (C=O) groups excluding carboxylic acids is 1. The van der Waals surface area contributed by atoms with Crippen LogP contribution in [0.25, 0.3) is 0 Å². The molecule has 4 atom stereocenters. The van der Waals surface area contributed by atoms with Crippen LogP contribution in [0.3, 0.4) is 0 Å². The Kier molecular flexibility index (Phi) is 9.22. The highest BCUT2D eigenvalue weighted by atomic mass is 16.4. The Balaban J connectivity index is 1.81. The number of allylic oxidation sites excluding steroid dienone is 2. The Morgan fingerprint density at radius 1 is 1.19 bits per heavy atom. The standard InChI is InChI=1S/C22H34O5/c23-17(14-16-8-4-3-5-9-16)12-13-19-18(20(24)15-21(19)25)10-6-1-2-7-11-22(26)27/h1,6,12-13,16-19,21,23,25H,2-5,7-11,14-15H2,(H,26,27). The topological polar surface area (TPSA) is 94.8 Å². The zero-order valence-electron chi connectivity index (χ0n) is 16.1. The fourth-order valence-corrected chi connectivity index (χ4v) is 4.36. The molecule has 0 heterocycles. The number of Topliss-reactive ketones (excluding diaryl/α,β-unsaturated/α-hetero) is 1. The molecule has 0 spiro atoms. The molecule has 27 heavy (non-hydrogen) atoms. The zero-order valence-corrected chi connectivity index (χ0v) is 16.1. The molecule has 0 aromatic rings. The number of carboxylic acids is 1. The van der Waals surface area contributed by atoms with Crippen molar-refractivity contribution in [3.8, 4) is 0 Å². The highest BCUT2D eigenvalue weighted by molar-refractivity contribution is 5.84. The zero-order chi connectivity index (χ0) is 19.6. The van der Waals surface area contributed by atoms with Gasteiger partial charge in [0.1, 0.15) is 5.78 Å². The smallest absolute Gasteiger partial charge is 0.303 e. The maximum atomic E-state index is 12.2. The van der Waals surface area contributed by atoms with E-state index < -0.39 is 18.2 Å². The van der Waals surface area contributed by atoms with E-state index in [1.54, 1.807) is 6.08 Å². The SMILES string of the molecule is O=C(O)CCCC=CCC1C(=O)CC(O)C1C=CC(O)CC1CCCCC1. The molecule has 0 saturated heterocycles. The van der Waals surface area contributed by atoms with E-state index in [1.165, 1.54) is 32.1 Å². The average molecular weight is 379 g/mol. The summed E-state index contributed by atoms with van der Waals surface area (Å²) >= 11 is 0. The van der Waals surface area contributed by atoms with Gasteiger partial charge in [-0.1, -0.05) is 56.4 Å². The number of carbonyl (C=O) groups is 2. The molecular formula is C22H34O5. The number of aliphatic hydroxyl groups is 2. The van der Waals surface area contributed by atoms with Gasteiger partial charge >= 0.3 is 5.97 Å². The lowest BCUT2D eigenvalue weighted by Gasteiger charge is -2.23. The number of hydrogen-bond donors (Lipinski definition) is 3. The summed E-state index contributed by atoms with van der Waals surface area (Å²) in [5.74, 6) is -0.655. The van der Waals surface area contributed by atoms with Gasteiger partial charge in [0, 0.05) is 24.7 Å². The number of rotatable bonds is 10. The number of unbranched alkanes of at least 4 members (excludes halogenated alkanes) is 1. The Hall–Kier alpha value is -1.46. The number of ketones is 1. The lowest BCUT2D eigenvalue weighted by molar-refractivity contribution is -0.137. The van der Waals surface area contributed by atoms with E-state index >= 15 is 0 Å². The van der Waals surface area contributed by atoms with Crippen molar-refractivity contribution in [1.82, 2.24) is 0 Å². The van der Waals surface area contributed by atoms with Crippen LogP contribution >= 0.6 is 0 Å². The van der Waals surface area contributed by atoms with E-state index in [1.807, 2.05) is 18.2 Å². The number of carboxylic acid groups (broad SMARTS) is 1. The number of aliphatic hydroxyl groups excluding tert-OH is 2. The second-order valence-corrected chi connectivity index (χ2v) is 8.11. The van der Waals surface area contributed by atoms with Gasteiger partial charge in [-0.2, -0.15) is 0 Å². The summed E-state index contributed by atoms with van der Waals surface area (Å²) in [4.78, 5) is 22.7. The third-order valence-electron chi connectivity index (χ3n) is 5.91. The van der Waals surface area contributed by atoms with E-state index in [2.05, 4.69) is 0 Å². The van der Waals surface area contributed by atoms with Crippen LogP contribution < -0.4 is 0 Å². The highest BCUT2D eigenvalue weighted by Crippen LogP contribution is 2.34. The minimum atomic E-state index is -0.797. The molecule has 4 unspecified atom stereocenters. The van der Waals surface area contributed by atoms with Gasteiger partial charge in [-0.3, -0.25) is 9.59 Å². The van der Waals surface area contributed by atoms with E-state index in [4.69, 9.17) is 5.11 Å². The highest BCUT2D eigenvalue weighted by Gasteiger charge is 2.39. The first-order valence-corrected chi connectivity index (χ1v) is 10.4. The summed E-state index contributed by atoms with van der Waals surface area (Å²) in [6.07, 6.45) is 15.3. The van der Waals surface area contributed by atoms with Crippen LogP contribution in [-0.2, 0) is 9.59 Å². The molecule has 0 aromatic carbocycles. The Labute approximate surface area is 162 Å². The Bertz CT molecular complexity index is 533. The van der Waals surface area contributed by atoms with Crippen LogP contribution in [0.5, 0.6) is 0 Å². The molecule has 5 nitrogen and oxygen atoms in total. The maximum absolute atomic E-state index is 12.2. The van der Waals surface area contributed by atoms with Crippen LogP contribution in [0, 0.1) is 17.8 Å². The van der Waals surface area contributed by atoms with Crippen molar-refractivity contribution in [3.05, 3.63) is 24.3 Å². The summed E-state index contributed by atoms with van der Waals surface area (Å²) < 4.78 is 0. The molecule has 0 amide bonds. The quantitative estimate of drug-likeness (QED) is 0.398. The van der Waals surface area contributed by atoms with Gasteiger partial charge in [0.15, 0.2) is 0 Å². The normalized spacial score (nSPS) is 28.4. The Morgan fingerprint density at radius 2 is 1.93 bits per heavy atom. The molecule has 2 fully saturated rings. The second kappa shape index (κ2) is 11.4. The molecule has 0 radical (unpaired) electrons. The second-order valence-electron chi connectivity index (χ2n) is 8.11. The minimum Gasteiger partial charge on any atom is -0.481 e. The molecule has 2 saturated carbocycles. The summed E-state index contributed by atoms with van der Waals surface area (Å²) in [5.41, 5.74) is 0. The van der Waals surface area contributed by atoms with Gasteiger partial charge in [0.25, 0.3) is 0 Å². The van der Waals surface area contributed by atoms with Crippen molar-refractivity contribution < 1.29 is 24.9 Å². The number of aliphatic carboxylic acids is 1. The fraction of sp³-hybridized carbons (Fsp3) is 0.727. The molecule has 2 aliphatic rings. The Morgan fingerprint density at radius 3 is 2.63 bits per heavy atom. The lowest BCUT2D eigenvalue weighted by Crippen LogP contribution is -2.19. The van der Waals surface area contributed by atoms with Crippen molar-refractivity contribution in [3.63, 3.8) is 0 Å². The van der Waals surface area contributed by atoms with Crippen LogP contribution in [0.4, 0.5) is 0 Å². The lowest BCUT2D eigenvalue weighted by atomic mass is 9.85. The third kappa shape index (κ3) is 7.59. The van der Waals surface area contributed by atoms with Gasteiger partial charge in [0.2, 0.25) is 0 Å². The molecule has 2 aliphatic carbocycles. The van der Waals surface area contributed by atoms with E-state index in [9.17, 15) is 19.8 Å². The van der Waals surface area contributed by atoms with Crippen molar-refractivity contribution in [2.75, 3.05) is 0 Å². The van der Waals surface area contributed by atoms with E-state index in [0.717, 1.165) is 6.42 Å². The van der Waals surface area contributed by atoms with Gasteiger partial charge < -0.3 is 15.3 Å². The summed E-state index contributed by atoms with van der Waals surface area (Å²) in [5, 5.41) is 29.1. The van der Waals surface area contributed by atoms with Gasteiger partial charge in [-0.05, 0) is 31.6 Å². The third-order valence-corrected chi connectivity index (χ3v) is 5.91. The van der Waals surface area contributed by atoms with Crippen LogP contribution in [0.1, 0.15) is 70.6 Å². The van der Waals surface area contributed by atoms with Crippen molar-refractivity contribution in [2.24, 2.45) is 17.8 Å². The monoisotopic (exact) mass is 378 g/mol. The average Bonchev–Trinajstić information content (AvgIpc) is 2.89. The van der Waals surface area contributed by atoms with Gasteiger partial charge in [-0.15, -0.1) is 0 Å². The molecule has 0 aromatic heterocycles. The molecular weight excluding hydrogens is 344 g/mol. The molecule has 2 rings (SSSR count). The predicted octanol–water partition coefficient (Wildman–Crippen LogP) is 3.64. The van der Waals surface area contributed by atoms with Crippen molar-refractivity contribution >= 4 is 11.8 Å². The van der Waals surface area contributed by atoms with Crippen molar-refractivity contribution in [1.29, 1.82) is 0 Å². The fourth-order valence-electron chi connectivity index (χ4n) is 4.36. The summed E-state index contributed by atoms with van der Waals surface area (Å²) in [6.45, 7) is 0. The van der Waals surface area contributed by atoms with Crippen LogP contribution in [0.15, 0.2) is 24.3 Å². The first-order chi connectivity index (χ1) is 13.0. The number of hydrogen-bond acceptors (Lipinski definition) is 4. The molecule has 0 bridgehead atoms. The van der Waals surface area contributed by atoms with Crippen LogP contribution in [0.2, 0.25) is 0 Å².